The number of hydrogen-bond donors (Lipinski definition) is 1. The van der Waals surface area contributed by atoms with Gasteiger partial charge in [-0.05, 0) is 31.9 Å². The number of hydrogen-bond acceptors (Lipinski definition) is 3. The van der Waals surface area contributed by atoms with E-state index in [4.69, 9.17) is 23.2 Å². The summed E-state index contributed by atoms with van der Waals surface area (Å²) in [6.45, 7) is 2.00. The van der Waals surface area contributed by atoms with Gasteiger partial charge in [0.25, 0.3) is 0 Å². The fraction of sp³-hybridized carbons (Fsp3) is 0.538. The van der Waals surface area contributed by atoms with Gasteiger partial charge in [0.05, 0.1) is 11.6 Å². The lowest BCUT2D eigenvalue weighted by atomic mass is 10.1. The molecule has 1 N–H and O–H groups in total. The second kappa shape index (κ2) is 6.20. The van der Waals surface area contributed by atoms with Gasteiger partial charge in [-0.2, -0.15) is 4.31 Å². The minimum Gasteiger partial charge on any atom is -0.392 e. The molecule has 0 aliphatic carbocycles. The molecule has 112 valence electrons. The summed E-state index contributed by atoms with van der Waals surface area (Å²) in [6, 6.07) is 2.82. The van der Waals surface area contributed by atoms with Gasteiger partial charge in [0, 0.05) is 23.2 Å². The Bertz CT molecular complexity index is 604. The number of sulfonamides is 1. The van der Waals surface area contributed by atoms with E-state index in [1.807, 2.05) is 6.92 Å². The van der Waals surface area contributed by atoms with Crippen molar-refractivity contribution in [3.05, 3.63) is 27.7 Å². The first-order valence-corrected chi connectivity index (χ1v) is 8.68. The predicted molar refractivity (Wildman–Crippen MR) is 79.6 cm³/mol. The Balaban J connectivity index is 2.49. The fourth-order valence-electron chi connectivity index (χ4n) is 2.48. The van der Waals surface area contributed by atoms with Crippen LogP contribution in [0.25, 0.3) is 0 Å². The van der Waals surface area contributed by atoms with Crippen LogP contribution in [0, 0.1) is 0 Å². The molecule has 1 atom stereocenters. The van der Waals surface area contributed by atoms with E-state index in [0.717, 1.165) is 19.3 Å². The lowest BCUT2D eigenvalue weighted by Crippen LogP contribution is -2.42. The number of rotatable bonds is 3. The van der Waals surface area contributed by atoms with Crippen molar-refractivity contribution >= 4 is 33.2 Å². The molecule has 0 amide bonds. The molecule has 1 aliphatic rings. The molecule has 2 rings (SSSR count). The summed E-state index contributed by atoms with van der Waals surface area (Å²) in [6.07, 6.45) is 2.72. The van der Waals surface area contributed by atoms with Crippen LogP contribution in [0.3, 0.4) is 0 Å². The maximum atomic E-state index is 12.7. The van der Waals surface area contributed by atoms with Crippen LogP contribution < -0.4 is 0 Å². The summed E-state index contributed by atoms with van der Waals surface area (Å²) in [5, 5.41) is 9.55. The van der Waals surface area contributed by atoms with Crippen molar-refractivity contribution in [2.24, 2.45) is 0 Å². The van der Waals surface area contributed by atoms with Crippen molar-refractivity contribution in [2.45, 2.75) is 43.7 Å². The van der Waals surface area contributed by atoms with E-state index in [9.17, 15) is 13.5 Å². The smallest absolute Gasteiger partial charge is 0.244 e. The summed E-state index contributed by atoms with van der Waals surface area (Å²) >= 11 is 12.0. The van der Waals surface area contributed by atoms with Gasteiger partial charge in [0.15, 0.2) is 0 Å². The van der Waals surface area contributed by atoms with Crippen molar-refractivity contribution in [1.82, 2.24) is 4.31 Å². The lowest BCUT2D eigenvalue weighted by Gasteiger charge is -2.32. The number of halogens is 2. The number of aliphatic hydroxyl groups is 1. The maximum Gasteiger partial charge on any atom is 0.244 e. The zero-order valence-electron chi connectivity index (χ0n) is 11.1. The Morgan fingerprint density at radius 3 is 2.65 bits per heavy atom. The molecule has 1 aromatic carbocycles. The van der Waals surface area contributed by atoms with E-state index in [2.05, 4.69) is 0 Å². The zero-order chi connectivity index (χ0) is 14.9. The van der Waals surface area contributed by atoms with E-state index in [1.165, 1.54) is 16.4 Å². The van der Waals surface area contributed by atoms with Crippen molar-refractivity contribution in [3.63, 3.8) is 0 Å². The summed E-state index contributed by atoms with van der Waals surface area (Å²) in [7, 11) is -3.66. The molecule has 1 saturated heterocycles. The topological polar surface area (TPSA) is 57.6 Å². The number of aliphatic hydroxyl groups excluding tert-OH is 1. The van der Waals surface area contributed by atoms with Crippen LogP contribution in [0.4, 0.5) is 0 Å². The standard InChI is InChI=1S/C13H17Cl2NO3S/c1-9-4-2-3-7-16(9)20(18,19)12-6-5-11(14)10(8-17)13(12)15/h5-6,9,17H,2-4,7-8H2,1H3. The first-order chi connectivity index (χ1) is 9.39. The first-order valence-electron chi connectivity index (χ1n) is 6.49. The average Bonchev–Trinajstić information content (AvgIpc) is 2.39. The van der Waals surface area contributed by atoms with E-state index in [-0.39, 0.29) is 26.5 Å². The predicted octanol–water partition coefficient (Wildman–Crippen LogP) is 3.05. The third-order valence-corrected chi connectivity index (χ3v) is 6.59. The number of nitrogens with zero attached hydrogens (tertiary/aromatic N) is 1. The summed E-state index contributed by atoms with van der Waals surface area (Å²) in [5.41, 5.74) is 0.249. The molecule has 20 heavy (non-hydrogen) atoms. The molecule has 0 saturated carbocycles. The number of benzene rings is 1. The minimum atomic E-state index is -3.66. The van der Waals surface area contributed by atoms with Crippen molar-refractivity contribution < 1.29 is 13.5 Å². The molecule has 4 nitrogen and oxygen atoms in total. The van der Waals surface area contributed by atoms with Gasteiger partial charge in [-0.1, -0.05) is 29.6 Å². The van der Waals surface area contributed by atoms with Gasteiger partial charge in [-0.3, -0.25) is 0 Å². The van der Waals surface area contributed by atoms with Gasteiger partial charge >= 0.3 is 0 Å². The van der Waals surface area contributed by atoms with Crippen molar-refractivity contribution in [3.8, 4) is 0 Å². The van der Waals surface area contributed by atoms with Crippen molar-refractivity contribution in [2.75, 3.05) is 6.54 Å². The highest BCUT2D eigenvalue weighted by Gasteiger charge is 2.33. The van der Waals surface area contributed by atoms with Gasteiger partial charge in [0.2, 0.25) is 10.0 Å². The average molecular weight is 338 g/mol. The quantitative estimate of drug-likeness (QED) is 0.922. The molecule has 0 spiro atoms. The molecular formula is C13H17Cl2NO3S. The third kappa shape index (κ3) is 2.83. The van der Waals surface area contributed by atoms with Crippen LogP contribution in [0.5, 0.6) is 0 Å². The molecule has 1 aliphatic heterocycles. The molecule has 1 fully saturated rings. The minimum absolute atomic E-state index is 0.0118. The van der Waals surface area contributed by atoms with E-state index in [1.54, 1.807) is 0 Å². The van der Waals surface area contributed by atoms with Gasteiger partial charge in [0.1, 0.15) is 4.90 Å². The summed E-state index contributed by atoms with van der Waals surface area (Å²) in [5.74, 6) is 0. The van der Waals surface area contributed by atoms with Crippen LogP contribution in [0.2, 0.25) is 10.0 Å². The highest BCUT2D eigenvalue weighted by molar-refractivity contribution is 7.89. The molecule has 1 unspecified atom stereocenters. The number of piperidine rings is 1. The van der Waals surface area contributed by atoms with Crippen molar-refractivity contribution in [1.29, 1.82) is 0 Å². The molecule has 0 aromatic heterocycles. The summed E-state index contributed by atoms with van der Waals surface area (Å²) in [4.78, 5) is 0.0152. The van der Waals surface area contributed by atoms with E-state index in [0.29, 0.717) is 6.54 Å². The lowest BCUT2D eigenvalue weighted by molar-refractivity contribution is 0.268. The van der Waals surface area contributed by atoms with Crippen LogP contribution >= 0.6 is 23.2 Å². The Morgan fingerprint density at radius 1 is 1.35 bits per heavy atom. The van der Waals surface area contributed by atoms with Crippen LogP contribution in [0.1, 0.15) is 31.7 Å². The maximum absolute atomic E-state index is 12.7. The Labute approximate surface area is 129 Å². The first kappa shape index (κ1) is 16.0. The molecule has 1 aromatic rings. The Hall–Kier alpha value is -0.330. The highest BCUT2D eigenvalue weighted by Crippen LogP contribution is 2.34. The van der Waals surface area contributed by atoms with Gasteiger partial charge < -0.3 is 5.11 Å². The second-order valence-electron chi connectivity index (χ2n) is 4.96. The molecule has 1 heterocycles. The van der Waals surface area contributed by atoms with Gasteiger partial charge in [-0.15, -0.1) is 0 Å². The molecule has 0 radical (unpaired) electrons. The highest BCUT2D eigenvalue weighted by atomic mass is 35.5. The SMILES string of the molecule is CC1CCCCN1S(=O)(=O)c1ccc(Cl)c(CO)c1Cl. The third-order valence-electron chi connectivity index (χ3n) is 3.64. The fourth-order valence-corrected chi connectivity index (χ4v) is 5.05. The van der Waals surface area contributed by atoms with Crippen LogP contribution in [-0.4, -0.2) is 30.4 Å². The van der Waals surface area contributed by atoms with Gasteiger partial charge in [-0.25, -0.2) is 8.42 Å². The second-order valence-corrected chi connectivity index (χ2v) is 7.60. The molecular weight excluding hydrogens is 321 g/mol. The molecule has 0 bridgehead atoms. The van der Waals surface area contributed by atoms with E-state index >= 15 is 0 Å². The largest absolute Gasteiger partial charge is 0.392 e. The van der Waals surface area contributed by atoms with Crippen LogP contribution in [-0.2, 0) is 16.6 Å². The van der Waals surface area contributed by atoms with E-state index < -0.39 is 16.6 Å². The monoisotopic (exact) mass is 337 g/mol. The van der Waals surface area contributed by atoms with Crippen LogP contribution in [0.15, 0.2) is 17.0 Å². The zero-order valence-corrected chi connectivity index (χ0v) is 13.5. The Kier molecular flexibility index (Phi) is 4.97. The normalized spacial score (nSPS) is 21.1. The Morgan fingerprint density at radius 2 is 2.05 bits per heavy atom. The summed E-state index contributed by atoms with van der Waals surface area (Å²) < 4.78 is 26.9. The molecule has 7 heteroatoms.